The van der Waals surface area contributed by atoms with Gasteiger partial charge >= 0.3 is 0 Å². The molecule has 0 saturated heterocycles. The van der Waals surface area contributed by atoms with Crippen LogP contribution in [0.4, 0.5) is 5.69 Å². The van der Waals surface area contributed by atoms with Gasteiger partial charge in [-0.2, -0.15) is 0 Å². The van der Waals surface area contributed by atoms with E-state index in [1.54, 1.807) is 0 Å². The van der Waals surface area contributed by atoms with E-state index in [0.29, 0.717) is 6.04 Å². The van der Waals surface area contributed by atoms with E-state index >= 15 is 0 Å². The quantitative estimate of drug-likeness (QED) is 0.673. The lowest BCUT2D eigenvalue weighted by Crippen LogP contribution is -2.46. The molecule has 0 unspecified atom stereocenters. The van der Waals surface area contributed by atoms with Gasteiger partial charge in [-0.25, -0.2) is 0 Å². The molecule has 1 heteroatoms. The zero-order chi connectivity index (χ0) is 16.5. The lowest BCUT2D eigenvalue weighted by Gasteiger charge is -2.43. The highest BCUT2D eigenvalue weighted by Crippen LogP contribution is 2.35. The van der Waals surface area contributed by atoms with Crippen LogP contribution >= 0.6 is 0 Å². The zero-order valence-corrected chi connectivity index (χ0v) is 15.1. The molecule has 1 nitrogen and oxygen atoms in total. The van der Waals surface area contributed by atoms with Crippen molar-refractivity contribution in [3.05, 3.63) is 53.6 Å². The molecular weight excluding hydrogens is 266 g/mol. The Morgan fingerprint density at radius 2 is 1.32 bits per heavy atom. The molecule has 0 atom stereocenters. The summed E-state index contributed by atoms with van der Waals surface area (Å²) in [4.78, 5) is 2.53. The van der Waals surface area contributed by atoms with E-state index < -0.39 is 0 Å². The highest BCUT2D eigenvalue weighted by Gasteiger charge is 2.27. The van der Waals surface area contributed by atoms with Crippen molar-refractivity contribution in [2.45, 2.75) is 60.0 Å². The molecule has 0 heterocycles. The number of nitrogens with zero attached hydrogens (tertiary/aromatic N) is 1. The van der Waals surface area contributed by atoms with E-state index in [1.807, 2.05) is 0 Å². The number of benzene rings is 2. The molecule has 0 saturated carbocycles. The Balaban J connectivity index is 2.56. The first-order chi connectivity index (χ1) is 10.2. The van der Waals surface area contributed by atoms with Gasteiger partial charge in [0.15, 0.2) is 0 Å². The maximum atomic E-state index is 2.53. The van der Waals surface area contributed by atoms with Crippen LogP contribution in [0.1, 0.15) is 45.7 Å². The molecule has 0 fully saturated rings. The predicted molar refractivity (Wildman–Crippen MR) is 98.7 cm³/mol. The molecule has 2 aromatic carbocycles. The van der Waals surface area contributed by atoms with Gasteiger partial charge in [0.1, 0.15) is 0 Å². The predicted octanol–water partition coefficient (Wildman–Crippen LogP) is 5.98. The second-order valence-electron chi connectivity index (χ2n) is 7.46. The van der Waals surface area contributed by atoms with Gasteiger partial charge < -0.3 is 4.90 Å². The molecule has 0 aliphatic heterocycles. The van der Waals surface area contributed by atoms with Crippen molar-refractivity contribution in [1.29, 1.82) is 0 Å². The molecule has 0 bridgehead atoms. The van der Waals surface area contributed by atoms with Crippen LogP contribution in [0.3, 0.4) is 0 Å². The van der Waals surface area contributed by atoms with Gasteiger partial charge in [-0.15, -0.1) is 0 Å². The van der Waals surface area contributed by atoms with E-state index in [-0.39, 0.29) is 5.54 Å². The molecule has 0 N–H and O–H groups in total. The first kappa shape index (κ1) is 16.6. The molecule has 0 radical (unpaired) electrons. The highest BCUT2D eigenvalue weighted by atomic mass is 15.2. The van der Waals surface area contributed by atoms with Crippen LogP contribution in [-0.2, 0) is 0 Å². The smallest absolute Gasteiger partial charge is 0.0432 e. The fraction of sp³-hybridized carbons (Fsp3) is 0.429. The molecule has 0 aliphatic rings. The van der Waals surface area contributed by atoms with Crippen LogP contribution in [0.5, 0.6) is 0 Å². The molecule has 2 rings (SSSR count). The molecule has 0 amide bonds. The van der Waals surface area contributed by atoms with Gasteiger partial charge in [-0.1, -0.05) is 30.3 Å². The Morgan fingerprint density at radius 1 is 0.818 bits per heavy atom. The monoisotopic (exact) mass is 295 g/mol. The highest BCUT2D eigenvalue weighted by molar-refractivity contribution is 5.72. The molecular formula is C21H29N. The summed E-state index contributed by atoms with van der Waals surface area (Å²) in [5, 5.41) is 0. The summed E-state index contributed by atoms with van der Waals surface area (Å²) in [6.45, 7) is 15.9. The number of hydrogen-bond donors (Lipinski definition) is 0. The number of rotatable bonds is 3. The molecule has 0 aromatic heterocycles. The lowest BCUT2D eigenvalue weighted by molar-refractivity contribution is 0.463. The van der Waals surface area contributed by atoms with Crippen molar-refractivity contribution < 1.29 is 0 Å². The maximum absolute atomic E-state index is 2.53. The third-order valence-electron chi connectivity index (χ3n) is 4.08. The standard InChI is InChI=1S/C21H29N/c1-15(2)22(21(5,6)7)20-16(3)13-19(14-17(20)4)18-11-9-8-10-12-18/h8-15H,1-7H3. The Labute approximate surface area is 136 Å². The number of hydrogen-bond acceptors (Lipinski definition) is 1. The summed E-state index contributed by atoms with van der Waals surface area (Å²) < 4.78 is 0. The molecule has 22 heavy (non-hydrogen) atoms. The van der Waals surface area contributed by atoms with Crippen molar-refractivity contribution >= 4 is 5.69 Å². The van der Waals surface area contributed by atoms with Gasteiger partial charge in [-0.05, 0) is 82.9 Å². The Bertz CT molecular complexity index is 610. The van der Waals surface area contributed by atoms with E-state index in [9.17, 15) is 0 Å². The number of anilines is 1. The third-order valence-corrected chi connectivity index (χ3v) is 4.08. The van der Waals surface area contributed by atoms with Crippen LogP contribution in [0.15, 0.2) is 42.5 Å². The van der Waals surface area contributed by atoms with Crippen LogP contribution in [0.2, 0.25) is 0 Å². The number of aryl methyl sites for hydroxylation is 2. The topological polar surface area (TPSA) is 3.24 Å². The average Bonchev–Trinajstić information content (AvgIpc) is 2.41. The van der Waals surface area contributed by atoms with Crippen LogP contribution in [-0.4, -0.2) is 11.6 Å². The summed E-state index contributed by atoms with van der Waals surface area (Å²) in [5.74, 6) is 0. The second kappa shape index (κ2) is 6.16. The Morgan fingerprint density at radius 3 is 1.73 bits per heavy atom. The fourth-order valence-electron chi connectivity index (χ4n) is 3.50. The van der Waals surface area contributed by atoms with Gasteiger partial charge in [0, 0.05) is 17.3 Å². The summed E-state index contributed by atoms with van der Waals surface area (Å²) >= 11 is 0. The van der Waals surface area contributed by atoms with E-state index in [2.05, 4.69) is 95.8 Å². The van der Waals surface area contributed by atoms with E-state index in [0.717, 1.165) is 0 Å². The van der Waals surface area contributed by atoms with Crippen molar-refractivity contribution in [2.75, 3.05) is 4.90 Å². The minimum absolute atomic E-state index is 0.109. The summed E-state index contributed by atoms with van der Waals surface area (Å²) in [5.41, 5.74) is 6.77. The van der Waals surface area contributed by atoms with E-state index in [1.165, 1.54) is 27.9 Å². The SMILES string of the molecule is Cc1cc(-c2ccccc2)cc(C)c1N(C(C)C)C(C)(C)C. The average molecular weight is 295 g/mol. The first-order valence-electron chi connectivity index (χ1n) is 8.18. The normalized spacial score (nSPS) is 11.8. The first-order valence-corrected chi connectivity index (χ1v) is 8.18. The van der Waals surface area contributed by atoms with Crippen molar-refractivity contribution in [1.82, 2.24) is 0 Å². The van der Waals surface area contributed by atoms with Crippen molar-refractivity contribution in [3.63, 3.8) is 0 Å². The van der Waals surface area contributed by atoms with Gasteiger partial charge in [0.2, 0.25) is 0 Å². The van der Waals surface area contributed by atoms with E-state index in [4.69, 9.17) is 0 Å². The van der Waals surface area contributed by atoms with Crippen LogP contribution in [0, 0.1) is 13.8 Å². The van der Waals surface area contributed by atoms with Crippen molar-refractivity contribution in [2.24, 2.45) is 0 Å². The second-order valence-corrected chi connectivity index (χ2v) is 7.46. The zero-order valence-electron chi connectivity index (χ0n) is 15.1. The Hall–Kier alpha value is -1.76. The summed E-state index contributed by atoms with van der Waals surface area (Å²) in [6, 6.07) is 15.7. The summed E-state index contributed by atoms with van der Waals surface area (Å²) in [6.07, 6.45) is 0. The van der Waals surface area contributed by atoms with Crippen molar-refractivity contribution in [3.8, 4) is 11.1 Å². The largest absolute Gasteiger partial charge is 0.364 e. The minimum Gasteiger partial charge on any atom is -0.364 e. The molecule has 118 valence electrons. The van der Waals surface area contributed by atoms with Crippen LogP contribution < -0.4 is 4.90 Å². The Kier molecular flexibility index (Phi) is 4.65. The van der Waals surface area contributed by atoms with Gasteiger partial charge in [0.25, 0.3) is 0 Å². The lowest BCUT2D eigenvalue weighted by atomic mass is 9.94. The molecule has 2 aromatic rings. The van der Waals surface area contributed by atoms with Gasteiger partial charge in [-0.3, -0.25) is 0 Å². The minimum atomic E-state index is 0.109. The molecule has 0 spiro atoms. The fourth-order valence-corrected chi connectivity index (χ4v) is 3.50. The molecule has 0 aliphatic carbocycles. The summed E-state index contributed by atoms with van der Waals surface area (Å²) in [7, 11) is 0. The maximum Gasteiger partial charge on any atom is 0.0432 e. The van der Waals surface area contributed by atoms with Crippen LogP contribution in [0.25, 0.3) is 11.1 Å². The third kappa shape index (κ3) is 3.35. The van der Waals surface area contributed by atoms with Gasteiger partial charge in [0.05, 0.1) is 0 Å².